The molecule has 1 aliphatic heterocycles. The van der Waals surface area contributed by atoms with Crippen LogP contribution in [-0.4, -0.2) is 33.8 Å². The summed E-state index contributed by atoms with van der Waals surface area (Å²) in [6, 6.07) is 0.207. The van der Waals surface area contributed by atoms with Crippen LogP contribution in [0.15, 0.2) is 0 Å². The molecule has 1 aromatic heterocycles. The van der Waals surface area contributed by atoms with Crippen molar-refractivity contribution >= 4 is 11.5 Å². The van der Waals surface area contributed by atoms with Gasteiger partial charge in [-0.2, -0.15) is 5.10 Å². The number of aromatic nitrogens is 2. The summed E-state index contributed by atoms with van der Waals surface area (Å²) in [6.07, 6.45) is 3.22. The highest BCUT2D eigenvalue weighted by Crippen LogP contribution is 2.33. The van der Waals surface area contributed by atoms with Gasteiger partial charge in [0.15, 0.2) is 0 Å². The zero-order chi connectivity index (χ0) is 14.0. The van der Waals surface area contributed by atoms with E-state index in [4.69, 9.17) is 5.73 Å². The van der Waals surface area contributed by atoms with Gasteiger partial charge in [-0.1, -0.05) is 13.3 Å². The van der Waals surface area contributed by atoms with E-state index in [0.717, 1.165) is 32.4 Å². The highest BCUT2D eigenvalue weighted by atomic mass is 16.6. The molecule has 7 nitrogen and oxygen atoms in total. The molecule has 2 rings (SSSR count). The summed E-state index contributed by atoms with van der Waals surface area (Å²) in [7, 11) is 1.77. The smallest absolute Gasteiger partial charge is 0.334 e. The quantitative estimate of drug-likeness (QED) is 0.654. The molecular formula is C12H21N5O2. The molecule has 0 spiro atoms. The Morgan fingerprint density at radius 2 is 2.11 bits per heavy atom. The zero-order valence-electron chi connectivity index (χ0n) is 11.5. The van der Waals surface area contributed by atoms with Gasteiger partial charge in [0.25, 0.3) is 0 Å². The number of anilines is 1. The first-order chi connectivity index (χ1) is 9.04. The second-order valence-electron chi connectivity index (χ2n) is 5.07. The molecule has 0 unspecified atom stereocenters. The molecule has 0 saturated carbocycles. The van der Waals surface area contributed by atoms with Gasteiger partial charge in [0, 0.05) is 26.2 Å². The minimum absolute atomic E-state index is 0.167. The molecule has 0 aromatic carbocycles. The lowest BCUT2D eigenvalue weighted by Gasteiger charge is -2.30. The number of piperidine rings is 1. The average Bonchev–Trinajstić information content (AvgIpc) is 2.68. The third-order valence-electron chi connectivity index (χ3n) is 3.57. The summed E-state index contributed by atoms with van der Waals surface area (Å²) in [5, 5.41) is 15.7. The summed E-state index contributed by atoms with van der Waals surface area (Å²) in [5.41, 5.74) is 6.63. The molecule has 0 atom stereocenters. The summed E-state index contributed by atoms with van der Waals surface area (Å²) in [4.78, 5) is 13.1. The van der Waals surface area contributed by atoms with Crippen molar-refractivity contribution in [3.05, 3.63) is 15.8 Å². The van der Waals surface area contributed by atoms with E-state index in [-0.39, 0.29) is 16.7 Å². The summed E-state index contributed by atoms with van der Waals surface area (Å²) < 4.78 is 1.64. The van der Waals surface area contributed by atoms with Crippen LogP contribution in [0.1, 0.15) is 31.9 Å². The van der Waals surface area contributed by atoms with Crippen LogP contribution in [0.3, 0.4) is 0 Å². The van der Waals surface area contributed by atoms with Crippen molar-refractivity contribution in [1.29, 1.82) is 0 Å². The minimum Gasteiger partial charge on any atom is -0.351 e. The van der Waals surface area contributed by atoms with Crippen molar-refractivity contribution in [3.63, 3.8) is 0 Å². The van der Waals surface area contributed by atoms with Gasteiger partial charge in [-0.15, -0.1) is 0 Å². The average molecular weight is 267 g/mol. The van der Waals surface area contributed by atoms with Crippen molar-refractivity contribution in [2.24, 2.45) is 12.8 Å². The zero-order valence-corrected chi connectivity index (χ0v) is 11.5. The predicted molar refractivity (Wildman–Crippen MR) is 73.3 cm³/mol. The number of hydrogen-bond acceptors (Lipinski definition) is 5. The number of nitrogens with two attached hydrogens (primary N) is 1. The Bertz CT molecular complexity index is 463. The highest BCUT2D eigenvalue weighted by molar-refractivity contribution is 5.61. The summed E-state index contributed by atoms with van der Waals surface area (Å²) in [5.74, 6) is 0.625. The van der Waals surface area contributed by atoms with E-state index in [0.29, 0.717) is 17.9 Å². The standard InChI is InChI=1S/C12H21N5O2/c1-3-4-10-11(17(18)19)12(15(2)14-10)16-7-5-9(13)6-8-16/h9H,3-8,13H2,1-2H3. The van der Waals surface area contributed by atoms with Crippen LogP contribution in [0.2, 0.25) is 0 Å². The van der Waals surface area contributed by atoms with Crippen molar-refractivity contribution in [3.8, 4) is 0 Å². The minimum atomic E-state index is -0.304. The second kappa shape index (κ2) is 5.56. The van der Waals surface area contributed by atoms with Crippen molar-refractivity contribution < 1.29 is 4.92 Å². The van der Waals surface area contributed by atoms with E-state index in [1.165, 1.54) is 0 Å². The normalized spacial score (nSPS) is 16.9. The Balaban J connectivity index is 2.35. The van der Waals surface area contributed by atoms with Gasteiger partial charge in [0.2, 0.25) is 5.82 Å². The fraction of sp³-hybridized carbons (Fsp3) is 0.750. The Hall–Kier alpha value is -1.63. The lowest BCUT2D eigenvalue weighted by Crippen LogP contribution is -2.40. The van der Waals surface area contributed by atoms with Crippen LogP contribution in [0.25, 0.3) is 0 Å². The maximum atomic E-state index is 11.3. The van der Waals surface area contributed by atoms with E-state index >= 15 is 0 Å². The molecule has 7 heteroatoms. The lowest BCUT2D eigenvalue weighted by molar-refractivity contribution is -0.384. The molecule has 0 radical (unpaired) electrons. The third-order valence-corrected chi connectivity index (χ3v) is 3.57. The van der Waals surface area contributed by atoms with Crippen LogP contribution in [0.4, 0.5) is 11.5 Å². The fourth-order valence-corrected chi connectivity index (χ4v) is 2.62. The Morgan fingerprint density at radius 3 is 2.63 bits per heavy atom. The van der Waals surface area contributed by atoms with Crippen LogP contribution in [0.5, 0.6) is 0 Å². The summed E-state index contributed by atoms with van der Waals surface area (Å²) in [6.45, 7) is 3.51. The molecule has 1 saturated heterocycles. The molecule has 2 heterocycles. The van der Waals surface area contributed by atoms with Gasteiger partial charge in [-0.05, 0) is 19.3 Å². The number of nitro groups is 1. The third kappa shape index (κ3) is 2.70. The number of nitrogens with zero attached hydrogens (tertiary/aromatic N) is 4. The van der Waals surface area contributed by atoms with E-state index in [9.17, 15) is 10.1 Å². The van der Waals surface area contributed by atoms with Gasteiger partial charge in [-0.25, -0.2) is 4.68 Å². The van der Waals surface area contributed by atoms with E-state index in [1.807, 2.05) is 11.8 Å². The molecule has 1 aromatic rings. The highest BCUT2D eigenvalue weighted by Gasteiger charge is 2.31. The van der Waals surface area contributed by atoms with Gasteiger partial charge in [0.1, 0.15) is 5.69 Å². The van der Waals surface area contributed by atoms with E-state index in [1.54, 1.807) is 11.7 Å². The molecule has 19 heavy (non-hydrogen) atoms. The van der Waals surface area contributed by atoms with E-state index in [2.05, 4.69) is 5.10 Å². The molecular weight excluding hydrogens is 246 g/mol. The number of aryl methyl sites for hydroxylation is 2. The Kier molecular flexibility index (Phi) is 4.04. The molecule has 2 N–H and O–H groups in total. The van der Waals surface area contributed by atoms with Crippen LogP contribution in [-0.2, 0) is 13.5 Å². The van der Waals surface area contributed by atoms with Gasteiger partial charge in [0.05, 0.1) is 4.92 Å². The molecule has 0 bridgehead atoms. The van der Waals surface area contributed by atoms with Crippen LogP contribution in [0, 0.1) is 10.1 Å². The first-order valence-electron chi connectivity index (χ1n) is 6.75. The predicted octanol–water partition coefficient (Wildman–Crippen LogP) is 1.21. The Morgan fingerprint density at radius 1 is 1.47 bits per heavy atom. The molecule has 106 valence electrons. The maximum Gasteiger partial charge on any atom is 0.334 e. The van der Waals surface area contributed by atoms with Crippen LogP contribution < -0.4 is 10.6 Å². The first-order valence-corrected chi connectivity index (χ1v) is 6.75. The topological polar surface area (TPSA) is 90.2 Å². The second-order valence-corrected chi connectivity index (χ2v) is 5.07. The van der Waals surface area contributed by atoms with Gasteiger partial charge < -0.3 is 10.6 Å². The Labute approximate surface area is 112 Å². The molecule has 0 amide bonds. The monoisotopic (exact) mass is 267 g/mol. The largest absolute Gasteiger partial charge is 0.351 e. The lowest BCUT2D eigenvalue weighted by atomic mass is 10.1. The van der Waals surface area contributed by atoms with E-state index < -0.39 is 0 Å². The SMILES string of the molecule is CCCc1nn(C)c(N2CCC(N)CC2)c1[N+](=O)[O-]. The van der Waals surface area contributed by atoms with Crippen LogP contribution >= 0.6 is 0 Å². The summed E-state index contributed by atoms with van der Waals surface area (Å²) >= 11 is 0. The van der Waals surface area contributed by atoms with Gasteiger partial charge >= 0.3 is 5.69 Å². The van der Waals surface area contributed by atoms with Crippen molar-refractivity contribution in [2.75, 3.05) is 18.0 Å². The number of hydrogen-bond donors (Lipinski definition) is 1. The number of rotatable bonds is 4. The molecule has 0 aliphatic carbocycles. The van der Waals surface area contributed by atoms with Crippen molar-refractivity contribution in [1.82, 2.24) is 9.78 Å². The molecule has 1 aliphatic rings. The van der Waals surface area contributed by atoms with Gasteiger partial charge in [-0.3, -0.25) is 10.1 Å². The first kappa shape index (κ1) is 13.8. The maximum absolute atomic E-state index is 11.3. The fourth-order valence-electron chi connectivity index (χ4n) is 2.62. The molecule has 1 fully saturated rings. The van der Waals surface area contributed by atoms with Crippen molar-refractivity contribution in [2.45, 2.75) is 38.6 Å².